The van der Waals surface area contributed by atoms with E-state index in [9.17, 15) is 9.59 Å². The van der Waals surface area contributed by atoms with E-state index in [1.807, 2.05) is 36.2 Å². The number of rotatable bonds is 4. The van der Waals surface area contributed by atoms with Gasteiger partial charge in [0.2, 0.25) is 5.91 Å². The van der Waals surface area contributed by atoms with E-state index < -0.39 is 0 Å². The van der Waals surface area contributed by atoms with Gasteiger partial charge in [0.25, 0.3) is 5.91 Å². The van der Waals surface area contributed by atoms with Gasteiger partial charge in [-0.3, -0.25) is 9.59 Å². The van der Waals surface area contributed by atoms with Crippen molar-refractivity contribution < 1.29 is 9.59 Å². The molecular weight excluding hydrogens is 386 g/mol. The summed E-state index contributed by atoms with van der Waals surface area (Å²) in [6.45, 7) is 1.74. The maximum Gasteiger partial charge on any atom is 0.253 e. The van der Waals surface area contributed by atoms with Crippen molar-refractivity contribution in [2.24, 2.45) is 11.3 Å². The molecule has 0 unspecified atom stereocenters. The number of fused-ring (bicyclic) bond motifs is 1. The minimum absolute atomic E-state index is 0. The van der Waals surface area contributed by atoms with Crippen LogP contribution in [0.25, 0.3) is 0 Å². The second kappa shape index (κ2) is 9.48. The smallest absolute Gasteiger partial charge is 0.253 e. The van der Waals surface area contributed by atoms with Crippen LogP contribution in [0, 0.1) is 11.3 Å². The molecule has 2 atom stereocenters. The molecule has 1 aromatic rings. The molecule has 0 aromatic heterocycles. The highest BCUT2D eigenvalue weighted by Gasteiger charge is 2.49. The Balaban J connectivity index is 0.00000240. The fourth-order valence-corrected chi connectivity index (χ4v) is 5.48. The molecule has 29 heavy (non-hydrogen) atoms. The number of hydrogen-bond donors (Lipinski definition) is 2. The maximum atomic E-state index is 13.1. The summed E-state index contributed by atoms with van der Waals surface area (Å²) in [7, 11) is 1.92. The summed E-state index contributed by atoms with van der Waals surface area (Å²) in [5.74, 6) is 0.669. The van der Waals surface area contributed by atoms with E-state index in [1.54, 1.807) is 0 Å². The zero-order chi connectivity index (χ0) is 19.6. The lowest BCUT2D eigenvalue weighted by Crippen LogP contribution is -2.44. The normalized spacial score (nSPS) is 26.9. The van der Waals surface area contributed by atoms with Gasteiger partial charge in [0, 0.05) is 30.9 Å². The summed E-state index contributed by atoms with van der Waals surface area (Å²) in [4.78, 5) is 27.8. The van der Waals surface area contributed by atoms with E-state index >= 15 is 0 Å². The minimum atomic E-state index is -0.256. The lowest BCUT2D eigenvalue weighted by molar-refractivity contribution is -0.128. The number of hydrogen-bond acceptors (Lipinski definition) is 3. The van der Waals surface area contributed by atoms with Crippen LogP contribution in [0.15, 0.2) is 24.3 Å². The zero-order valence-electron chi connectivity index (χ0n) is 17.4. The number of carbonyl (C=O) groups is 2. The van der Waals surface area contributed by atoms with Gasteiger partial charge in [-0.1, -0.05) is 32.1 Å². The van der Waals surface area contributed by atoms with Crippen LogP contribution < -0.4 is 10.6 Å². The van der Waals surface area contributed by atoms with Crippen LogP contribution in [-0.2, 0) is 4.79 Å². The Kier molecular flexibility index (Phi) is 7.23. The number of anilines is 1. The van der Waals surface area contributed by atoms with E-state index in [4.69, 9.17) is 0 Å². The number of carbonyl (C=O) groups excluding carboxylic acids is 2. The fraction of sp³-hybridized carbons (Fsp3) is 0.652. The van der Waals surface area contributed by atoms with E-state index in [2.05, 4.69) is 10.6 Å². The first-order valence-electron chi connectivity index (χ1n) is 11.0. The average Bonchev–Trinajstić information content (AvgIpc) is 3.19. The van der Waals surface area contributed by atoms with Crippen LogP contribution >= 0.6 is 12.4 Å². The van der Waals surface area contributed by atoms with E-state index in [1.165, 1.54) is 25.7 Å². The van der Waals surface area contributed by atoms with E-state index in [0.717, 1.165) is 50.9 Å². The SMILES string of the molecule is CN(C(=O)c1ccc(NC(=O)[C@@]23CCCC[C@H]2CNC3)cc1)C1CCCCC1.Cl. The zero-order valence-corrected chi connectivity index (χ0v) is 18.2. The predicted octanol–water partition coefficient (Wildman–Crippen LogP) is 4.23. The van der Waals surface area contributed by atoms with E-state index in [-0.39, 0.29) is 29.6 Å². The Bertz CT molecular complexity index is 717. The summed E-state index contributed by atoms with van der Waals surface area (Å²) in [6.07, 6.45) is 10.4. The van der Waals surface area contributed by atoms with Crippen molar-refractivity contribution in [2.45, 2.75) is 63.8 Å². The first-order chi connectivity index (χ1) is 13.6. The molecule has 0 radical (unpaired) electrons. The Morgan fingerprint density at radius 1 is 1.03 bits per heavy atom. The van der Waals surface area contributed by atoms with Crippen molar-refractivity contribution in [1.29, 1.82) is 0 Å². The molecule has 160 valence electrons. The largest absolute Gasteiger partial charge is 0.339 e. The van der Waals surface area contributed by atoms with Crippen LogP contribution in [0.2, 0.25) is 0 Å². The lowest BCUT2D eigenvalue weighted by Gasteiger charge is -2.37. The van der Waals surface area contributed by atoms with Crippen molar-refractivity contribution in [3.8, 4) is 0 Å². The highest BCUT2D eigenvalue weighted by Crippen LogP contribution is 2.44. The molecule has 1 saturated heterocycles. The summed E-state index contributed by atoms with van der Waals surface area (Å²) in [5.41, 5.74) is 1.23. The van der Waals surface area contributed by atoms with Gasteiger partial charge in [0.15, 0.2) is 0 Å². The third-order valence-corrected chi connectivity index (χ3v) is 7.32. The molecule has 4 rings (SSSR count). The van der Waals surface area contributed by atoms with Crippen LogP contribution in [-0.4, -0.2) is 42.9 Å². The van der Waals surface area contributed by atoms with Gasteiger partial charge in [0.1, 0.15) is 0 Å². The second-order valence-corrected chi connectivity index (χ2v) is 8.97. The number of nitrogens with one attached hydrogen (secondary N) is 2. The van der Waals surface area contributed by atoms with Crippen LogP contribution in [0.1, 0.15) is 68.1 Å². The standard InChI is InChI=1S/C23H33N3O2.ClH/c1-26(20-8-3-2-4-9-20)21(27)17-10-12-19(13-11-17)25-22(28)23-14-6-5-7-18(23)15-24-16-23;/h10-13,18,20,24H,2-9,14-16H2,1H3,(H,25,28);1H/t18-,23+;/m0./s1. The van der Waals surface area contributed by atoms with Crippen LogP contribution in [0.3, 0.4) is 0 Å². The molecular formula is C23H34ClN3O2. The molecule has 1 aliphatic heterocycles. The molecule has 2 N–H and O–H groups in total. The molecule has 3 aliphatic rings. The molecule has 0 bridgehead atoms. The van der Waals surface area contributed by atoms with Crippen molar-refractivity contribution in [3.05, 3.63) is 29.8 Å². The van der Waals surface area contributed by atoms with Gasteiger partial charge >= 0.3 is 0 Å². The average molecular weight is 420 g/mol. The Morgan fingerprint density at radius 3 is 2.45 bits per heavy atom. The van der Waals surface area contributed by atoms with Crippen LogP contribution in [0.5, 0.6) is 0 Å². The second-order valence-electron chi connectivity index (χ2n) is 8.97. The van der Waals surface area contributed by atoms with E-state index in [0.29, 0.717) is 17.5 Å². The molecule has 2 amide bonds. The van der Waals surface area contributed by atoms with Gasteiger partial charge in [-0.05, 0) is 62.4 Å². The number of amides is 2. The number of benzene rings is 1. The molecule has 2 aliphatic carbocycles. The van der Waals surface area contributed by atoms with Crippen molar-refractivity contribution in [3.63, 3.8) is 0 Å². The molecule has 1 heterocycles. The van der Waals surface area contributed by atoms with Gasteiger partial charge in [0.05, 0.1) is 5.41 Å². The molecule has 3 fully saturated rings. The quantitative estimate of drug-likeness (QED) is 0.767. The van der Waals surface area contributed by atoms with Gasteiger partial charge in [-0.2, -0.15) is 0 Å². The topological polar surface area (TPSA) is 61.4 Å². The summed E-state index contributed by atoms with van der Waals surface area (Å²) in [5, 5.41) is 6.56. The third-order valence-electron chi connectivity index (χ3n) is 7.32. The maximum absolute atomic E-state index is 13.1. The Hall–Kier alpha value is -1.59. The van der Waals surface area contributed by atoms with Crippen molar-refractivity contribution in [2.75, 3.05) is 25.5 Å². The highest BCUT2D eigenvalue weighted by atomic mass is 35.5. The first kappa shape index (κ1) is 22.1. The van der Waals surface area contributed by atoms with Crippen LogP contribution in [0.4, 0.5) is 5.69 Å². The van der Waals surface area contributed by atoms with Gasteiger partial charge in [-0.15, -0.1) is 12.4 Å². The predicted molar refractivity (Wildman–Crippen MR) is 119 cm³/mol. The summed E-state index contributed by atoms with van der Waals surface area (Å²) < 4.78 is 0. The van der Waals surface area contributed by atoms with Crippen molar-refractivity contribution in [1.82, 2.24) is 10.2 Å². The molecule has 0 spiro atoms. The summed E-state index contributed by atoms with van der Waals surface area (Å²) >= 11 is 0. The molecule has 6 heteroatoms. The first-order valence-corrected chi connectivity index (χ1v) is 11.0. The molecule has 5 nitrogen and oxygen atoms in total. The number of halogens is 1. The highest BCUT2D eigenvalue weighted by molar-refractivity contribution is 5.98. The minimum Gasteiger partial charge on any atom is -0.339 e. The monoisotopic (exact) mass is 419 g/mol. The lowest BCUT2D eigenvalue weighted by atomic mass is 9.67. The Morgan fingerprint density at radius 2 is 1.72 bits per heavy atom. The Labute approximate surface area is 180 Å². The molecule has 2 saturated carbocycles. The third kappa shape index (κ3) is 4.46. The molecule has 1 aromatic carbocycles. The van der Waals surface area contributed by atoms with Crippen molar-refractivity contribution >= 4 is 29.9 Å². The summed E-state index contributed by atoms with van der Waals surface area (Å²) in [6, 6.07) is 7.80. The fourth-order valence-electron chi connectivity index (χ4n) is 5.48. The van der Waals surface area contributed by atoms with Gasteiger partial charge < -0.3 is 15.5 Å². The number of nitrogens with zero attached hydrogens (tertiary/aromatic N) is 1. The van der Waals surface area contributed by atoms with Gasteiger partial charge in [-0.25, -0.2) is 0 Å².